The minimum absolute atomic E-state index is 0.0480. The summed E-state index contributed by atoms with van der Waals surface area (Å²) in [5.41, 5.74) is 5.44. The summed E-state index contributed by atoms with van der Waals surface area (Å²) < 4.78 is 38.2. The molecule has 1 atom stereocenters. The minimum Gasteiger partial charge on any atom is -0.495 e. The Balaban J connectivity index is 2.32. The molecule has 1 fully saturated rings. The molecule has 1 heterocycles. The number of sulfonamides is 1. The number of benzene rings is 1. The lowest BCUT2D eigenvalue weighted by molar-refractivity contribution is 0.0386. The van der Waals surface area contributed by atoms with Gasteiger partial charge in [-0.1, -0.05) is 0 Å². The van der Waals surface area contributed by atoms with Crippen LogP contribution in [0.15, 0.2) is 23.1 Å². The quantitative estimate of drug-likeness (QED) is 0.813. The molecule has 2 rings (SSSR count). The molecular weight excluding hydrogens is 280 g/mol. The molecule has 0 spiro atoms. The van der Waals surface area contributed by atoms with Gasteiger partial charge in [0, 0.05) is 12.3 Å². The van der Waals surface area contributed by atoms with Crippen LogP contribution in [-0.4, -0.2) is 34.3 Å². The van der Waals surface area contributed by atoms with Crippen LogP contribution in [-0.2, 0) is 14.8 Å². The van der Waals surface area contributed by atoms with E-state index in [1.165, 1.54) is 13.2 Å². The van der Waals surface area contributed by atoms with Crippen LogP contribution in [0.3, 0.4) is 0 Å². The molecule has 20 heavy (non-hydrogen) atoms. The third-order valence-electron chi connectivity index (χ3n) is 3.30. The van der Waals surface area contributed by atoms with Gasteiger partial charge in [-0.25, -0.2) is 13.1 Å². The van der Waals surface area contributed by atoms with Gasteiger partial charge < -0.3 is 15.2 Å². The first-order valence-corrected chi connectivity index (χ1v) is 7.90. The molecule has 1 aromatic carbocycles. The van der Waals surface area contributed by atoms with Gasteiger partial charge in [-0.3, -0.25) is 0 Å². The van der Waals surface area contributed by atoms with Gasteiger partial charge >= 0.3 is 0 Å². The fraction of sp³-hybridized carbons (Fsp3) is 0.538. The number of rotatable bonds is 4. The van der Waals surface area contributed by atoms with Crippen molar-refractivity contribution in [2.45, 2.75) is 30.2 Å². The van der Waals surface area contributed by atoms with E-state index in [4.69, 9.17) is 15.2 Å². The molecule has 7 heteroatoms. The Labute approximate surface area is 119 Å². The summed E-state index contributed by atoms with van der Waals surface area (Å²) in [5.74, 6) is 0.270. The van der Waals surface area contributed by atoms with Crippen molar-refractivity contribution in [1.82, 2.24) is 4.72 Å². The first kappa shape index (κ1) is 15.1. The predicted molar refractivity (Wildman–Crippen MR) is 76.2 cm³/mol. The zero-order chi connectivity index (χ0) is 14.8. The summed E-state index contributed by atoms with van der Waals surface area (Å²) in [7, 11) is -2.29. The number of hydrogen-bond acceptors (Lipinski definition) is 5. The molecule has 3 N–H and O–H groups in total. The maximum atomic E-state index is 12.5. The Morgan fingerprint density at radius 1 is 1.45 bits per heavy atom. The van der Waals surface area contributed by atoms with Gasteiger partial charge in [0.25, 0.3) is 0 Å². The van der Waals surface area contributed by atoms with Gasteiger partial charge in [-0.15, -0.1) is 0 Å². The van der Waals surface area contributed by atoms with Crippen LogP contribution in [0, 0.1) is 0 Å². The first-order chi connectivity index (χ1) is 9.36. The fourth-order valence-electron chi connectivity index (χ4n) is 2.30. The van der Waals surface area contributed by atoms with Gasteiger partial charge in [0.05, 0.1) is 19.3 Å². The molecule has 1 aliphatic rings. The van der Waals surface area contributed by atoms with Crippen molar-refractivity contribution in [2.24, 2.45) is 0 Å². The van der Waals surface area contributed by atoms with Crippen LogP contribution in [0.25, 0.3) is 0 Å². The highest BCUT2D eigenvalue weighted by Crippen LogP contribution is 2.28. The number of nitrogens with one attached hydrogen (secondary N) is 1. The third-order valence-corrected chi connectivity index (χ3v) is 4.96. The van der Waals surface area contributed by atoms with Crippen molar-refractivity contribution >= 4 is 15.7 Å². The van der Waals surface area contributed by atoms with Gasteiger partial charge in [0.15, 0.2) is 0 Å². The number of hydrogen-bond donors (Lipinski definition) is 2. The summed E-state index contributed by atoms with van der Waals surface area (Å²) in [6.07, 6.45) is 1.56. The zero-order valence-corrected chi connectivity index (χ0v) is 12.5. The summed E-state index contributed by atoms with van der Waals surface area (Å²) in [6, 6.07) is 4.54. The zero-order valence-electron chi connectivity index (χ0n) is 11.7. The van der Waals surface area contributed by atoms with Crippen molar-refractivity contribution in [2.75, 3.05) is 26.1 Å². The first-order valence-electron chi connectivity index (χ1n) is 6.42. The molecule has 0 radical (unpaired) electrons. The van der Waals surface area contributed by atoms with E-state index in [0.717, 1.165) is 12.8 Å². The molecule has 1 unspecified atom stereocenters. The molecule has 1 aromatic rings. The lowest BCUT2D eigenvalue weighted by atomic mass is 9.97. The smallest absolute Gasteiger partial charge is 0.244 e. The van der Waals surface area contributed by atoms with E-state index in [1.807, 2.05) is 6.92 Å². The SMILES string of the molecule is COc1ccc(N)cc1S(=O)(=O)NC1(C)CCCOC1. The topological polar surface area (TPSA) is 90.7 Å². The van der Waals surface area contributed by atoms with Crippen LogP contribution in [0.5, 0.6) is 5.75 Å². The Hall–Kier alpha value is -1.31. The lowest BCUT2D eigenvalue weighted by Gasteiger charge is -2.34. The van der Waals surface area contributed by atoms with E-state index < -0.39 is 15.6 Å². The average Bonchev–Trinajstić information content (AvgIpc) is 2.38. The molecule has 0 aromatic heterocycles. The Bertz CT molecular complexity index is 580. The Morgan fingerprint density at radius 3 is 2.80 bits per heavy atom. The summed E-state index contributed by atoms with van der Waals surface area (Å²) in [4.78, 5) is 0.0480. The highest BCUT2D eigenvalue weighted by molar-refractivity contribution is 7.89. The third kappa shape index (κ3) is 3.23. The van der Waals surface area contributed by atoms with E-state index in [0.29, 0.717) is 18.9 Å². The highest BCUT2D eigenvalue weighted by Gasteiger charge is 2.34. The maximum Gasteiger partial charge on any atom is 0.244 e. The number of nitrogens with two attached hydrogens (primary N) is 1. The largest absolute Gasteiger partial charge is 0.495 e. The fourth-order valence-corrected chi connectivity index (χ4v) is 3.92. The normalized spacial score (nSPS) is 23.5. The molecule has 6 nitrogen and oxygen atoms in total. The molecule has 112 valence electrons. The van der Waals surface area contributed by atoms with Crippen LogP contribution >= 0.6 is 0 Å². The summed E-state index contributed by atoms with van der Waals surface area (Å²) in [5, 5.41) is 0. The van der Waals surface area contributed by atoms with E-state index in [1.54, 1.807) is 12.1 Å². The lowest BCUT2D eigenvalue weighted by Crippen LogP contribution is -2.51. The van der Waals surface area contributed by atoms with E-state index in [9.17, 15) is 8.42 Å². The van der Waals surface area contributed by atoms with Crippen molar-refractivity contribution in [3.05, 3.63) is 18.2 Å². The second-order valence-electron chi connectivity index (χ2n) is 5.23. The number of nitrogen functional groups attached to an aromatic ring is 1. The highest BCUT2D eigenvalue weighted by atomic mass is 32.2. The number of anilines is 1. The molecule has 0 amide bonds. The second-order valence-corrected chi connectivity index (χ2v) is 6.88. The molecule has 0 bridgehead atoms. The van der Waals surface area contributed by atoms with E-state index in [-0.39, 0.29) is 10.6 Å². The van der Waals surface area contributed by atoms with Crippen LogP contribution in [0.4, 0.5) is 5.69 Å². The number of ether oxygens (including phenoxy) is 2. The molecular formula is C13H20N2O4S. The van der Waals surface area contributed by atoms with Gasteiger partial charge in [0.1, 0.15) is 10.6 Å². The second kappa shape index (κ2) is 5.59. The Kier molecular flexibility index (Phi) is 4.22. The summed E-state index contributed by atoms with van der Waals surface area (Å²) >= 11 is 0. The van der Waals surface area contributed by atoms with E-state index >= 15 is 0 Å². The van der Waals surface area contributed by atoms with Crippen LogP contribution in [0.2, 0.25) is 0 Å². The standard InChI is InChI=1S/C13H20N2O4S/c1-13(6-3-7-19-9-13)15-20(16,17)12-8-10(14)4-5-11(12)18-2/h4-5,8,15H,3,6-7,9,14H2,1-2H3. The van der Waals surface area contributed by atoms with Crippen molar-refractivity contribution in [3.8, 4) is 5.75 Å². The van der Waals surface area contributed by atoms with Crippen molar-refractivity contribution < 1.29 is 17.9 Å². The maximum absolute atomic E-state index is 12.5. The van der Waals surface area contributed by atoms with Gasteiger partial charge in [0.2, 0.25) is 10.0 Å². The molecule has 0 aliphatic carbocycles. The van der Waals surface area contributed by atoms with Crippen molar-refractivity contribution in [3.63, 3.8) is 0 Å². The average molecular weight is 300 g/mol. The van der Waals surface area contributed by atoms with Gasteiger partial charge in [-0.2, -0.15) is 0 Å². The van der Waals surface area contributed by atoms with Crippen LogP contribution in [0.1, 0.15) is 19.8 Å². The molecule has 1 saturated heterocycles. The van der Waals surface area contributed by atoms with Crippen LogP contribution < -0.4 is 15.2 Å². The summed E-state index contributed by atoms with van der Waals surface area (Å²) in [6.45, 7) is 2.86. The van der Waals surface area contributed by atoms with Crippen molar-refractivity contribution in [1.29, 1.82) is 0 Å². The molecule has 0 saturated carbocycles. The van der Waals surface area contributed by atoms with E-state index in [2.05, 4.69) is 4.72 Å². The number of methoxy groups -OCH3 is 1. The minimum atomic E-state index is -3.72. The van der Waals surface area contributed by atoms with Gasteiger partial charge in [-0.05, 0) is 38.0 Å². The molecule has 1 aliphatic heterocycles. The monoisotopic (exact) mass is 300 g/mol. The predicted octanol–water partition coefficient (Wildman–Crippen LogP) is 1.12. The Morgan fingerprint density at radius 2 is 2.20 bits per heavy atom.